The van der Waals surface area contributed by atoms with Crippen molar-refractivity contribution in [2.24, 2.45) is 4.99 Å². The number of hydrogen-bond acceptors (Lipinski definition) is 4. The molecular formula is C20H28F3IN4OS. The molecular weight excluding hydrogens is 528 g/mol. The summed E-state index contributed by atoms with van der Waals surface area (Å²) in [6, 6.07) is 10.0. The summed E-state index contributed by atoms with van der Waals surface area (Å²) < 4.78 is 43.4. The van der Waals surface area contributed by atoms with Crippen molar-refractivity contribution in [1.29, 1.82) is 0 Å². The molecule has 168 valence electrons. The van der Waals surface area contributed by atoms with Crippen molar-refractivity contribution in [1.82, 2.24) is 15.6 Å². The molecule has 2 aromatic rings. The Labute approximate surface area is 196 Å². The maximum atomic E-state index is 12.6. The Hall–Kier alpha value is -1.40. The Kier molecular flexibility index (Phi) is 12.9. The van der Waals surface area contributed by atoms with E-state index in [0.29, 0.717) is 50.2 Å². The predicted octanol–water partition coefficient (Wildman–Crippen LogP) is 4.87. The summed E-state index contributed by atoms with van der Waals surface area (Å²) >= 11 is 1.02. The first-order valence-corrected chi connectivity index (χ1v) is 10.5. The zero-order chi connectivity index (χ0) is 21.0. The Bertz CT molecular complexity index is 741. The molecule has 0 radical (unpaired) electrons. The van der Waals surface area contributed by atoms with Crippen molar-refractivity contribution in [3.05, 3.63) is 52.0 Å². The first-order chi connectivity index (χ1) is 14.0. The number of ether oxygens (including phenoxy) is 1. The van der Waals surface area contributed by atoms with Gasteiger partial charge in [0.2, 0.25) is 0 Å². The van der Waals surface area contributed by atoms with Crippen molar-refractivity contribution in [2.45, 2.75) is 39.0 Å². The van der Waals surface area contributed by atoms with Crippen molar-refractivity contribution in [3.8, 4) is 0 Å². The number of halogens is 4. The second kappa shape index (κ2) is 14.6. The Morgan fingerprint density at radius 2 is 1.93 bits per heavy atom. The van der Waals surface area contributed by atoms with Crippen LogP contribution in [0.15, 0.2) is 40.7 Å². The Morgan fingerprint density at radius 3 is 2.60 bits per heavy atom. The summed E-state index contributed by atoms with van der Waals surface area (Å²) in [5.74, 6) is 0.658. The van der Waals surface area contributed by atoms with Gasteiger partial charge in [0.25, 0.3) is 0 Å². The SMILES string of the molecule is CCNC(=NCCCCOCc1ccccc1)NCCc1nc(C(F)(F)F)cs1.I. The van der Waals surface area contributed by atoms with E-state index in [2.05, 4.69) is 20.6 Å². The van der Waals surface area contributed by atoms with Gasteiger partial charge in [0, 0.05) is 38.0 Å². The molecule has 0 atom stereocenters. The van der Waals surface area contributed by atoms with Crippen molar-refractivity contribution >= 4 is 41.3 Å². The summed E-state index contributed by atoms with van der Waals surface area (Å²) in [6.45, 7) is 5.09. The molecule has 0 aliphatic rings. The minimum atomic E-state index is -4.39. The first-order valence-electron chi connectivity index (χ1n) is 9.64. The highest BCUT2D eigenvalue weighted by Gasteiger charge is 2.33. The van der Waals surface area contributed by atoms with E-state index in [4.69, 9.17) is 4.74 Å². The largest absolute Gasteiger partial charge is 0.434 e. The van der Waals surface area contributed by atoms with Gasteiger partial charge in [-0.25, -0.2) is 4.98 Å². The topological polar surface area (TPSA) is 58.5 Å². The number of aliphatic imine (C=N–C) groups is 1. The van der Waals surface area contributed by atoms with Crippen LogP contribution in [0.3, 0.4) is 0 Å². The molecule has 0 spiro atoms. The number of alkyl halides is 3. The molecule has 0 aliphatic carbocycles. The molecule has 2 rings (SSSR count). The zero-order valence-electron chi connectivity index (χ0n) is 16.9. The monoisotopic (exact) mass is 556 g/mol. The standard InChI is InChI=1S/C20H27F3N4OS.HI/c1-2-24-19(26-12-10-18-27-17(15-29-18)20(21,22)23)25-11-6-7-13-28-14-16-8-4-3-5-9-16;/h3-5,8-9,15H,2,6-7,10-14H2,1H3,(H2,24,25,26);1H. The van der Waals surface area contributed by atoms with Crippen LogP contribution in [0.2, 0.25) is 0 Å². The van der Waals surface area contributed by atoms with E-state index in [1.54, 1.807) is 0 Å². The van der Waals surface area contributed by atoms with Crippen LogP contribution in [0, 0.1) is 0 Å². The van der Waals surface area contributed by atoms with E-state index in [0.717, 1.165) is 35.1 Å². The Balaban J connectivity index is 0.00000450. The summed E-state index contributed by atoms with van der Waals surface area (Å²) in [5.41, 5.74) is 0.333. The molecule has 0 fully saturated rings. The van der Waals surface area contributed by atoms with Crippen LogP contribution in [0.25, 0.3) is 0 Å². The lowest BCUT2D eigenvalue weighted by Crippen LogP contribution is -2.38. The van der Waals surface area contributed by atoms with E-state index < -0.39 is 11.9 Å². The number of aromatic nitrogens is 1. The summed E-state index contributed by atoms with van der Waals surface area (Å²) in [6.07, 6.45) is -2.16. The lowest BCUT2D eigenvalue weighted by atomic mass is 10.2. The fourth-order valence-corrected chi connectivity index (χ4v) is 3.26. The van der Waals surface area contributed by atoms with Gasteiger partial charge in [-0.15, -0.1) is 35.3 Å². The first kappa shape index (κ1) is 26.6. The van der Waals surface area contributed by atoms with Crippen LogP contribution in [-0.4, -0.2) is 37.2 Å². The number of unbranched alkanes of at least 4 members (excludes halogenated alkanes) is 1. The zero-order valence-corrected chi connectivity index (χ0v) is 20.0. The van der Waals surface area contributed by atoms with Gasteiger partial charge in [0.1, 0.15) is 0 Å². The number of rotatable bonds is 11. The molecule has 0 aliphatic heterocycles. The lowest BCUT2D eigenvalue weighted by Gasteiger charge is -2.10. The van der Waals surface area contributed by atoms with Crippen LogP contribution < -0.4 is 10.6 Å². The van der Waals surface area contributed by atoms with Gasteiger partial charge in [-0.05, 0) is 25.3 Å². The van der Waals surface area contributed by atoms with Crippen LogP contribution in [-0.2, 0) is 23.9 Å². The number of benzene rings is 1. The molecule has 10 heteroatoms. The van der Waals surface area contributed by atoms with Crippen molar-refractivity contribution in [2.75, 3.05) is 26.2 Å². The van der Waals surface area contributed by atoms with E-state index in [1.807, 2.05) is 37.3 Å². The number of guanidine groups is 1. The number of nitrogens with zero attached hydrogens (tertiary/aromatic N) is 2. The van der Waals surface area contributed by atoms with Gasteiger partial charge >= 0.3 is 6.18 Å². The maximum absolute atomic E-state index is 12.6. The van der Waals surface area contributed by atoms with Gasteiger partial charge in [-0.1, -0.05) is 30.3 Å². The molecule has 0 amide bonds. The maximum Gasteiger partial charge on any atom is 0.434 e. The number of hydrogen-bond donors (Lipinski definition) is 2. The second-order valence-electron chi connectivity index (χ2n) is 6.31. The van der Waals surface area contributed by atoms with Crippen molar-refractivity contribution in [3.63, 3.8) is 0 Å². The van der Waals surface area contributed by atoms with Crippen LogP contribution in [0.4, 0.5) is 13.2 Å². The molecule has 0 saturated heterocycles. The fraction of sp³-hybridized carbons (Fsp3) is 0.500. The molecule has 0 bridgehead atoms. The van der Waals surface area contributed by atoms with Gasteiger partial charge in [0.05, 0.1) is 11.6 Å². The van der Waals surface area contributed by atoms with Crippen LogP contribution in [0.5, 0.6) is 0 Å². The minimum absolute atomic E-state index is 0. The average molecular weight is 556 g/mol. The van der Waals surface area contributed by atoms with Crippen molar-refractivity contribution < 1.29 is 17.9 Å². The van der Waals surface area contributed by atoms with Gasteiger partial charge < -0.3 is 15.4 Å². The molecule has 0 unspecified atom stereocenters. The van der Waals surface area contributed by atoms with Gasteiger partial charge in [0.15, 0.2) is 11.7 Å². The van der Waals surface area contributed by atoms with E-state index in [-0.39, 0.29) is 24.0 Å². The molecule has 0 saturated carbocycles. The molecule has 30 heavy (non-hydrogen) atoms. The molecule has 1 heterocycles. The third-order valence-electron chi connectivity index (χ3n) is 3.90. The minimum Gasteiger partial charge on any atom is -0.377 e. The van der Waals surface area contributed by atoms with E-state index in [1.165, 1.54) is 0 Å². The molecule has 5 nitrogen and oxygen atoms in total. The highest BCUT2D eigenvalue weighted by molar-refractivity contribution is 14.0. The molecule has 1 aromatic carbocycles. The Morgan fingerprint density at radius 1 is 1.17 bits per heavy atom. The van der Waals surface area contributed by atoms with Crippen LogP contribution in [0.1, 0.15) is 36.0 Å². The normalized spacial score (nSPS) is 11.8. The highest BCUT2D eigenvalue weighted by Crippen LogP contribution is 2.29. The third kappa shape index (κ3) is 10.6. The fourth-order valence-electron chi connectivity index (χ4n) is 2.46. The number of thiazole rings is 1. The molecule has 1 aromatic heterocycles. The van der Waals surface area contributed by atoms with E-state index >= 15 is 0 Å². The summed E-state index contributed by atoms with van der Waals surface area (Å²) in [7, 11) is 0. The van der Waals surface area contributed by atoms with Crippen LogP contribution >= 0.6 is 35.3 Å². The smallest absolute Gasteiger partial charge is 0.377 e. The summed E-state index contributed by atoms with van der Waals surface area (Å²) in [5, 5.41) is 7.77. The highest BCUT2D eigenvalue weighted by atomic mass is 127. The average Bonchev–Trinajstić information content (AvgIpc) is 3.17. The second-order valence-corrected chi connectivity index (χ2v) is 7.25. The quantitative estimate of drug-likeness (QED) is 0.180. The van der Waals surface area contributed by atoms with Gasteiger partial charge in [-0.2, -0.15) is 13.2 Å². The summed E-state index contributed by atoms with van der Waals surface area (Å²) in [4.78, 5) is 8.12. The third-order valence-corrected chi connectivity index (χ3v) is 4.80. The lowest BCUT2D eigenvalue weighted by molar-refractivity contribution is -0.140. The van der Waals surface area contributed by atoms with E-state index in [9.17, 15) is 13.2 Å². The molecule has 2 N–H and O–H groups in total. The number of nitrogens with one attached hydrogen (secondary N) is 2. The van der Waals surface area contributed by atoms with Gasteiger partial charge in [-0.3, -0.25) is 4.99 Å². The predicted molar refractivity (Wildman–Crippen MR) is 126 cm³/mol.